The van der Waals surface area contributed by atoms with E-state index in [1.54, 1.807) is 23.4 Å². The van der Waals surface area contributed by atoms with Crippen molar-refractivity contribution in [2.45, 2.75) is 12.2 Å². The van der Waals surface area contributed by atoms with Gasteiger partial charge in [-0.25, -0.2) is 4.99 Å². The van der Waals surface area contributed by atoms with Crippen LogP contribution in [-0.4, -0.2) is 26.6 Å². The van der Waals surface area contributed by atoms with Gasteiger partial charge in [0.1, 0.15) is 6.21 Å². The molecule has 0 amide bonds. The number of rotatable bonds is 3. The molecule has 0 saturated heterocycles. The van der Waals surface area contributed by atoms with E-state index in [0.717, 1.165) is 11.8 Å². The molecular formula is C10H9ClN4O2. The number of halogens is 1. The summed E-state index contributed by atoms with van der Waals surface area (Å²) in [5, 5.41) is 10.6. The molecule has 17 heavy (non-hydrogen) atoms. The molecule has 0 fully saturated rings. The number of allylic oxidation sites excluding steroid dienone is 1. The Bertz CT molecular complexity index is 474. The molecule has 0 radical (unpaired) electrons. The molecule has 1 aromatic heterocycles. The smallest absolute Gasteiger partial charge is 0.302 e. The number of alkyl halides is 1. The Hall–Kier alpha value is -1.95. The molecule has 1 atom stereocenters. The fourth-order valence-corrected chi connectivity index (χ4v) is 1.59. The first kappa shape index (κ1) is 11.5. The first-order valence-corrected chi connectivity index (χ1v) is 5.28. The standard InChI is InChI=1S/C10H9ClN4O2/c11-10-13-5-9(15(16)17)7-14(10)6-8-2-1-3-12-4-8/h1-5,7,10H,6H2. The summed E-state index contributed by atoms with van der Waals surface area (Å²) in [6.07, 6.45) is 5.89. The van der Waals surface area contributed by atoms with Crippen LogP contribution in [0.3, 0.4) is 0 Å². The molecule has 1 aliphatic rings. The Labute approximate surface area is 102 Å². The lowest BCUT2D eigenvalue weighted by Crippen LogP contribution is -2.29. The lowest BCUT2D eigenvalue weighted by molar-refractivity contribution is -0.415. The lowest BCUT2D eigenvalue weighted by Gasteiger charge is -2.24. The van der Waals surface area contributed by atoms with Gasteiger partial charge in [-0.15, -0.1) is 0 Å². The van der Waals surface area contributed by atoms with Gasteiger partial charge >= 0.3 is 5.70 Å². The Morgan fingerprint density at radius 1 is 1.59 bits per heavy atom. The molecule has 88 valence electrons. The minimum Gasteiger partial charge on any atom is -0.333 e. The molecule has 7 heteroatoms. The average Bonchev–Trinajstić information content (AvgIpc) is 2.33. The summed E-state index contributed by atoms with van der Waals surface area (Å²) >= 11 is 5.94. The molecule has 2 rings (SSSR count). The van der Waals surface area contributed by atoms with Gasteiger partial charge in [0, 0.05) is 18.9 Å². The van der Waals surface area contributed by atoms with Gasteiger partial charge in [0.15, 0.2) is 5.62 Å². The van der Waals surface area contributed by atoms with Crippen LogP contribution in [0.4, 0.5) is 0 Å². The molecule has 6 nitrogen and oxygen atoms in total. The number of aromatic nitrogens is 1. The summed E-state index contributed by atoms with van der Waals surface area (Å²) in [5.41, 5.74) is 0.207. The van der Waals surface area contributed by atoms with Gasteiger partial charge in [-0.1, -0.05) is 17.7 Å². The van der Waals surface area contributed by atoms with Gasteiger partial charge in [0.2, 0.25) is 0 Å². The van der Waals surface area contributed by atoms with Crippen LogP contribution in [0.25, 0.3) is 0 Å². The van der Waals surface area contributed by atoms with Crippen LogP contribution in [0.2, 0.25) is 0 Å². The van der Waals surface area contributed by atoms with E-state index in [0.29, 0.717) is 6.54 Å². The van der Waals surface area contributed by atoms with Crippen molar-refractivity contribution in [3.63, 3.8) is 0 Å². The summed E-state index contributed by atoms with van der Waals surface area (Å²) in [5.74, 6) is 0. The number of pyridine rings is 1. The van der Waals surface area contributed by atoms with Crippen LogP contribution < -0.4 is 0 Å². The summed E-state index contributed by atoms with van der Waals surface area (Å²) in [7, 11) is 0. The molecule has 0 aliphatic carbocycles. The second-order valence-corrected chi connectivity index (χ2v) is 3.82. The van der Waals surface area contributed by atoms with Gasteiger partial charge in [-0.3, -0.25) is 15.1 Å². The van der Waals surface area contributed by atoms with E-state index in [9.17, 15) is 10.1 Å². The van der Waals surface area contributed by atoms with Gasteiger partial charge in [0.05, 0.1) is 11.1 Å². The zero-order chi connectivity index (χ0) is 12.3. The molecule has 0 aromatic carbocycles. The molecule has 1 unspecified atom stereocenters. The molecule has 0 bridgehead atoms. The molecule has 0 N–H and O–H groups in total. The third kappa shape index (κ3) is 2.79. The monoisotopic (exact) mass is 252 g/mol. The van der Waals surface area contributed by atoms with Gasteiger partial charge < -0.3 is 4.90 Å². The summed E-state index contributed by atoms with van der Waals surface area (Å²) in [4.78, 5) is 19.5. The minimum absolute atomic E-state index is 0.0780. The highest BCUT2D eigenvalue weighted by atomic mass is 35.5. The highest BCUT2D eigenvalue weighted by Crippen LogP contribution is 2.17. The van der Waals surface area contributed by atoms with Crippen LogP contribution in [0.15, 0.2) is 41.4 Å². The highest BCUT2D eigenvalue weighted by Gasteiger charge is 2.21. The molecule has 0 saturated carbocycles. The Morgan fingerprint density at radius 3 is 3.06 bits per heavy atom. The van der Waals surface area contributed by atoms with Gasteiger partial charge in [-0.2, -0.15) is 0 Å². The molecule has 1 aromatic rings. The largest absolute Gasteiger partial charge is 0.333 e. The van der Waals surface area contributed by atoms with E-state index in [1.807, 2.05) is 6.07 Å². The maximum Gasteiger partial charge on any atom is 0.302 e. The Morgan fingerprint density at radius 2 is 2.41 bits per heavy atom. The predicted octanol–water partition coefficient (Wildman–Crippen LogP) is 1.61. The van der Waals surface area contributed by atoms with Crippen molar-refractivity contribution in [1.29, 1.82) is 0 Å². The average molecular weight is 253 g/mol. The van der Waals surface area contributed by atoms with Crippen molar-refractivity contribution in [3.8, 4) is 0 Å². The number of nitro groups is 1. The van der Waals surface area contributed by atoms with E-state index < -0.39 is 10.5 Å². The van der Waals surface area contributed by atoms with Crippen LogP contribution in [0.5, 0.6) is 0 Å². The van der Waals surface area contributed by atoms with E-state index >= 15 is 0 Å². The normalized spacial score (nSPS) is 19.0. The number of nitrogens with zero attached hydrogens (tertiary/aromatic N) is 4. The fourth-order valence-electron chi connectivity index (χ4n) is 1.41. The van der Waals surface area contributed by atoms with Crippen LogP contribution in [0.1, 0.15) is 5.56 Å². The van der Waals surface area contributed by atoms with E-state index in [-0.39, 0.29) is 5.70 Å². The van der Waals surface area contributed by atoms with Crippen molar-refractivity contribution in [3.05, 3.63) is 52.1 Å². The molecule has 0 spiro atoms. The number of aliphatic imine (C=N–C) groups is 1. The Balaban J connectivity index is 2.15. The van der Waals surface area contributed by atoms with Crippen LogP contribution in [-0.2, 0) is 6.54 Å². The first-order valence-electron chi connectivity index (χ1n) is 4.85. The van der Waals surface area contributed by atoms with Gasteiger partial charge in [0.25, 0.3) is 0 Å². The van der Waals surface area contributed by atoms with E-state index in [2.05, 4.69) is 9.98 Å². The van der Waals surface area contributed by atoms with Crippen molar-refractivity contribution < 1.29 is 4.92 Å². The minimum atomic E-state index is -0.626. The SMILES string of the molecule is O=[N+]([O-])C1=CN(Cc2cccnc2)C(Cl)N=C1. The maximum atomic E-state index is 10.6. The third-order valence-corrected chi connectivity index (χ3v) is 2.56. The van der Waals surface area contributed by atoms with E-state index in [4.69, 9.17) is 11.6 Å². The second kappa shape index (κ2) is 4.92. The fraction of sp³-hybridized carbons (Fsp3) is 0.200. The van der Waals surface area contributed by atoms with Crippen molar-refractivity contribution in [1.82, 2.24) is 9.88 Å². The second-order valence-electron chi connectivity index (χ2n) is 3.43. The topological polar surface area (TPSA) is 71.6 Å². The van der Waals surface area contributed by atoms with Crippen molar-refractivity contribution in [2.24, 2.45) is 4.99 Å². The predicted molar refractivity (Wildman–Crippen MR) is 63.0 cm³/mol. The van der Waals surface area contributed by atoms with Crippen molar-refractivity contribution in [2.75, 3.05) is 0 Å². The third-order valence-electron chi connectivity index (χ3n) is 2.20. The molecule has 2 heterocycles. The molecule has 1 aliphatic heterocycles. The van der Waals surface area contributed by atoms with E-state index in [1.165, 1.54) is 6.20 Å². The summed E-state index contributed by atoms with van der Waals surface area (Å²) in [6, 6.07) is 3.67. The summed E-state index contributed by atoms with van der Waals surface area (Å²) < 4.78 is 0. The summed E-state index contributed by atoms with van der Waals surface area (Å²) in [6.45, 7) is 0.427. The number of hydrogen-bond acceptors (Lipinski definition) is 5. The Kier molecular flexibility index (Phi) is 3.34. The number of hydrogen-bond donors (Lipinski definition) is 0. The zero-order valence-corrected chi connectivity index (χ0v) is 9.49. The van der Waals surface area contributed by atoms with Crippen LogP contribution >= 0.6 is 11.6 Å². The van der Waals surface area contributed by atoms with Crippen molar-refractivity contribution >= 4 is 17.8 Å². The van der Waals surface area contributed by atoms with Crippen LogP contribution in [0, 0.1) is 10.1 Å². The zero-order valence-electron chi connectivity index (χ0n) is 8.73. The van der Waals surface area contributed by atoms with Gasteiger partial charge in [-0.05, 0) is 11.6 Å². The lowest BCUT2D eigenvalue weighted by atomic mass is 10.2. The highest BCUT2D eigenvalue weighted by molar-refractivity contribution is 6.20. The molecular weight excluding hydrogens is 244 g/mol. The first-order chi connectivity index (χ1) is 8.16. The quantitative estimate of drug-likeness (QED) is 0.355. The maximum absolute atomic E-state index is 10.6.